The van der Waals surface area contributed by atoms with Gasteiger partial charge in [0, 0.05) is 18.5 Å². The highest BCUT2D eigenvalue weighted by atomic mass is 35.5. The minimum atomic E-state index is 0. The lowest BCUT2D eigenvalue weighted by Gasteiger charge is -2.05. The maximum absolute atomic E-state index is 12.9. The normalized spacial score (nSPS) is 10.8. The van der Waals surface area contributed by atoms with Crippen molar-refractivity contribution < 1.29 is 9.53 Å². The number of rotatable bonds is 6. The predicted molar refractivity (Wildman–Crippen MR) is 115 cm³/mol. The number of hydrogen-bond donors (Lipinski definition) is 0. The van der Waals surface area contributed by atoms with Gasteiger partial charge in [0.15, 0.2) is 5.78 Å². The fourth-order valence-corrected chi connectivity index (χ4v) is 3.49. The van der Waals surface area contributed by atoms with Gasteiger partial charge in [-0.05, 0) is 36.4 Å². The standard InChI is InChI=1S/C22H21N3O2.ClH/c1-4-14-24-17-8-6-7-9-18(17)25-21(19(26)5-2)20(23-22(24)25)15-10-12-16(27-3)13-11-15;/h4,6-13H,1,5,14H2,2-3H3;1H. The maximum Gasteiger partial charge on any atom is 0.216 e. The lowest BCUT2D eigenvalue weighted by atomic mass is 10.1. The molecule has 144 valence electrons. The van der Waals surface area contributed by atoms with Crippen molar-refractivity contribution in [1.29, 1.82) is 0 Å². The van der Waals surface area contributed by atoms with Crippen molar-refractivity contribution in [2.24, 2.45) is 0 Å². The van der Waals surface area contributed by atoms with Crippen LogP contribution in [-0.2, 0) is 6.54 Å². The van der Waals surface area contributed by atoms with Crippen molar-refractivity contribution in [3.8, 4) is 17.0 Å². The number of nitrogens with zero attached hydrogens (tertiary/aromatic N) is 3. The average molecular weight is 396 g/mol. The van der Waals surface area contributed by atoms with Crippen LogP contribution < -0.4 is 4.74 Å². The molecule has 0 aliphatic carbocycles. The van der Waals surface area contributed by atoms with Gasteiger partial charge in [-0.3, -0.25) is 9.20 Å². The second-order valence-electron chi connectivity index (χ2n) is 6.34. The number of imidazole rings is 2. The zero-order valence-electron chi connectivity index (χ0n) is 15.9. The van der Waals surface area contributed by atoms with Crippen LogP contribution in [0.2, 0.25) is 0 Å². The summed E-state index contributed by atoms with van der Waals surface area (Å²) in [6, 6.07) is 15.7. The molecular formula is C22H22ClN3O2. The summed E-state index contributed by atoms with van der Waals surface area (Å²) >= 11 is 0. The SMILES string of the molecule is C=CCn1c2ccccc2n2c(C(=O)CC)c(-c3ccc(OC)cc3)nc12.Cl. The molecular weight excluding hydrogens is 374 g/mol. The number of methoxy groups -OCH3 is 1. The maximum atomic E-state index is 12.9. The molecule has 0 atom stereocenters. The number of allylic oxidation sites excluding steroid dienone is 1. The first-order chi connectivity index (χ1) is 13.2. The molecule has 0 aliphatic heterocycles. The number of aromatic nitrogens is 3. The molecule has 4 rings (SSSR count). The molecule has 0 saturated carbocycles. The lowest BCUT2D eigenvalue weighted by molar-refractivity contribution is 0.0983. The van der Waals surface area contributed by atoms with Crippen LogP contribution in [0.15, 0.2) is 61.2 Å². The monoisotopic (exact) mass is 395 g/mol. The van der Waals surface area contributed by atoms with Crippen LogP contribution in [0.3, 0.4) is 0 Å². The van der Waals surface area contributed by atoms with Crippen LogP contribution in [0, 0.1) is 0 Å². The number of fused-ring (bicyclic) bond motifs is 3. The van der Waals surface area contributed by atoms with E-state index in [1.54, 1.807) is 7.11 Å². The van der Waals surface area contributed by atoms with Crippen molar-refractivity contribution in [3.63, 3.8) is 0 Å². The Morgan fingerprint density at radius 1 is 1.14 bits per heavy atom. The Kier molecular flexibility index (Phi) is 5.56. The second kappa shape index (κ2) is 7.90. The number of Topliss-reactive ketones (excluding diaryl/α,β-unsaturated/α-hetero) is 1. The van der Waals surface area contributed by atoms with Crippen molar-refractivity contribution in [3.05, 3.63) is 66.9 Å². The van der Waals surface area contributed by atoms with E-state index >= 15 is 0 Å². The van der Waals surface area contributed by atoms with Gasteiger partial charge in [0.05, 0.1) is 18.1 Å². The van der Waals surface area contributed by atoms with Crippen molar-refractivity contribution in [1.82, 2.24) is 14.0 Å². The number of halogens is 1. The summed E-state index contributed by atoms with van der Waals surface area (Å²) in [5, 5.41) is 0. The first-order valence-electron chi connectivity index (χ1n) is 8.97. The molecule has 0 fully saturated rings. The Balaban J connectivity index is 0.00000225. The van der Waals surface area contributed by atoms with Gasteiger partial charge in [-0.25, -0.2) is 4.98 Å². The molecule has 0 spiro atoms. The van der Waals surface area contributed by atoms with E-state index in [9.17, 15) is 4.79 Å². The number of hydrogen-bond acceptors (Lipinski definition) is 3. The van der Waals surface area contributed by atoms with Gasteiger partial charge < -0.3 is 9.30 Å². The Hall–Kier alpha value is -3.05. The minimum Gasteiger partial charge on any atom is -0.497 e. The number of benzene rings is 2. The van der Waals surface area contributed by atoms with Crippen LogP contribution in [0.1, 0.15) is 23.8 Å². The Morgan fingerprint density at radius 2 is 1.82 bits per heavy atom. The van der Waals surface area contributed by atoms with Gasteiger partial charge in [-0.1, -0.05) is 25.1 Å². The number of para-hydroxylation sites is 2. The summed E-state index contributed by atoms with van der Waals surface area (Å²) in [4.78, 5) is 17.8. The topological polar surface area (TPSA) is 48.5 Å². The third kappa shape index (κ3) is 2.98. The summed E-state index contributed by atoms with van der Waals surface area (Å²) in [7, 11) is 1.64. The van der Waals surface area contributed by atoms with E-state index in [0.29, 0.717) is 24.4 Å². The third-order valence-corrected chi connectivity index (χ3v) is 4.77. The van der Waals surface area contributed by atoms with Gasteiger partial charge >= 0.3 is 0 Å². The average Bonchev–Trinajstić information content (AvgIpc) is 3.24. The predicted octanol–water partition coefficient (Wildman–Crippen LogP) is 5.17. The van der Waals surface area contributed by atoms with Crippen molar-refractivity contribution in [2.75, 3.05) is 7.11 Å². The molecule has 2 aromatic carbocycles. The van der Waals surface area contributed by atoms with Gasteiger partial charge in [0.1, 0.15) is 17.1 Å². The van der Waals surface area contributed by atoms with Gasteiger partial charge in [-0.2, -0.15) is 0 Å². The fraction of sp³-hybridized carbons (Fsp3) is 0.182. The number of carbonyl (C=O) groups excluding carboxylic acids is 1. The minimum absolute atomic E-state index is 0. The van der Waals surface area contributed by atoms with E-state index < -0.39 is 0 Å². The highest BCUT2D eigenvalue weighted by molar-refractivity contribution is 6.03. The molecule has 0 aliphatic rings. The van der Waals surface area contributed by atoms with Gasteiger partial charge in [0.25, 0.3) is 0 Å². The van der Waals surface area contributed by atoms with E-state index in [1.165, 1.54) is 0 Å². The zero-order valence-corrected chi connectivity index (χ0v) is 16.7. The molecule has 0 radical (unpaired) electrons. The van der Waals surface area contributed by atoms with Crippen LogP contribution in [0.5, 0.6) is 5.75 Å². The van der Waals surface area contributed by atoms with Crippen LogP contribution in [0.25, 0.3) is 28.1 Å². The Bertz CT molecular complexity index is 1160. The van der Waals surface area contributed by atoms with Crippen LogP contribution >= 0.6 is 12.4 Å². The molecule has 28 heavy (non-hydrogen) atoms. The largest absolute Gasteiger partial charge is 0.497 e. The molecule has 0 N–H and O–H groups in total. The fourth-order valence-electron chi connectivity index (χ4n) is 3.49. The molecule has 2 aromatic heterocycles. The number of ether oxygens (including phenoxy) is 1. The Morgan fingerprint density at radius 3 is 2.43 bits per heavy atom. The third-order valence-electron chi connectivity index (χ3n) is 4.77. The second-order valence-corrected chi connectivity index (χ2v) is 6.34. The summed E-state index contributed by atoms with van der Waals surface area (Å²) in [6.07, 6.45) is 2.26. The Labute approximate surface area is 169 Å². The summed E-state index contributed by atoms with van der Waals surface area (Å²) in [6.45, 7) is 6.37. The van der Waals surface area contributed by atoms with Gasteiger partial charge in [0.2, 0.25) is 5.78 Å². The lowest BCUT2D eigenvalue weighted by Crippen LogP contribution is -2.03. The van der Waals surface area contributed by atoms with E-state index in [0.717, 1.165) is 28.1 Å². The first-order valence-corrected chi connectivity index (χ1v) is 8.97. The number of ketones is 1. The first kappa shape index (κ1) is 19.7. The van der Waals surface area contributed by atoms with Crippen molar-refractivity contribution in [2.45, 2.75) is 19.9 Å². The van der Waals surface area contributed by atoms with Crippen LogP contribution in [0.4, 0.5) is 0 Å². The molecule has 0 bridgehead atoms. The smallest absolute Gasteiger partial charge is 0.216 e. The number of carbonyl (C=O) groups is 1. The quantitative estimate of drug-likeness (QED) is 0.334. The molecule has 5 nitrogen and oxygen atoms in total. The van der Waals surface area contributed by atoms with E-state index in [1.807, 2.05) is 65.9 Å². The van der Waals surface area contributed by atoms with Crippen LogP contribution in [-0.4, -0.2) is 26.8 Å². The molecule has 6 heteroatoms. The summed E-state index contributed by atoms with van der Waals surface area (Å²) in [5.74, 6) is 1.58. The molecule has 0 amide bonds. The molecule has 0 unspecified atom stereocenters. The van der Waals surface area contributed by atoms with Crippen molar-refractivity contribution >= 4 is 35.0 Å². The summed E-state index contributed by atoms with van der Waals surface area (Å²) < 4.78 is 9.31. The summed E-state index contributed by atoms with van der Waals surface area (Å²) in [5.41, 5.74) is 4.22. The highest BCUT2D eigenvalue weighted by Gasteiger charge is 2.24. The van der Waals surface area contributed by atoms with Gasteiger partial charge in [-0.15, -0.1) is 19.0 Å². The van der Waals surface area contributed by atoms with E-state index in [4.69, 9.17) is 9.72 Å². The molecule has 2 heterocycles. The van der Waals surface area contributed by atoms with E-state index in [-0.39, 0.29) is 18.2 Å². The molecule has 4 aromatic rings. The zero-order chi connectivity index (χ0) is 19.0. The molecule has 0 saturated heterocycles. The van der Waals surface area contributed by atoms with E-state index in [2.05, 4.69) is 11.1 Å². The highest BCUT2D eigenvalue weighted by Crippen LogP contribution is 2.31.